The van der Waals surface area contributed by atoms with Gasteiger partial charge in [0.25, 0.3) is 0 Å². The van der Waals surface area contributed by atoms with Crippen LogP contribution in [0.15, 0.2) is 17.5 Å². The zero-order valence-corrected chi connectivity index (χ0v) is 9.06. The van der Waals surface area contributed by atoms with Crippen LogP contribution in [0.25, 0.3) is 0 Å². The topological polar surface area (TPSA) is 54.5 Å². The van der Waals surface area contributed by atoms with Crippen molar-refractivity contribution in [3.8, 4) is 6.07 Å². The summed E-state index contributed by atoms with van der Waals surface area (Å²) in [6.07, 6.45) is 3.02. The maximum Gasteiger partial charge on any atom is 0.138 e. The smallest absolute Gasteiger partial charge is 0.138 e. The lowest BCUT2D eigenvalue weighted by Crippen LogP contribution is -2.08. The summed E-state index contributed by atoms with van der Waals surface area (Å²) in [4.78, 5) is 4.26. The molecule has 0 aliphatic carbocycles. The Morgan fingerprint density at radius 1 is 1.53 bits per heavy atom. The zero-order chi connectivity index (χ0) is 10.8. The number of hydrogen-bond acceptors (Lipinski definition) is 3. The largest absolute Gasteiger partial charge is 0.246 e. The highest BCUT2D eigenvalue weighted by Crippen LogP contribution is 2.29. The van der Waals surface area contributed by atoms with Gasteiger partial charge in [-0.05, 0) is 20.3 Å². The third-order valence-electron chi connectivity index (χ3n) is 3.02. The Morgan fingerprint density at radius 3 is 3.07 bits per heavy atom. The third kappa shape index (κ3) is 1.78. The Hall–Kier alpha value is -1.63. The zero-order valence-electron chi connectivity index (χ0n) is 9.06. The number of fused-ring (bicyclic) bond motifs is 1. The summed E-state index contributed by atoms with van der Waals surface area (Å²) in [5.74, 6) is 1.16. The van der Waals surface area contributed by atoms with Crippen LogP contribution in [-0.4, -0.2) is 14.8 Å². The van der Waals surface area contributed by atoms with Crippen LogP contribution >= 0.6 is 0 Å². The van der Waals surface area contributed by atoms with E-state index in [1.165, 1.54) is 11.1 Å². The van der Waals surface area contributed by atoms with E-state index in [9.17, 15) is 0 Å². The van der Waals surface area contributed by atoms with Gasteiger partial charge < -0.3 is 0 Å². The van der Waals surface area contributed by atoms with E-state index in [1.54, 1.807) is 6.33 Å². The van der Waals surface area contributed by atoms with E-state index in [4.69, 9.17) is 5.26 Å². The second kappa shape index (κ2) is 3.85. The average Bonchev–Trinajstić information content (AvgIpc) is 2.61. The van der Waals surface area contributed by atoms with E-state index >= 15 is 0 Å². The first kappa shape index (κ1) is 9.91. The summed E-state index contributed by atoms with van der Waals surface area (Å²) in [7, 11) is 0. The van der Waals surface area contributed by atoms with E-state index in [0.717, 1.165) is 18.8 Å². The molecule has 2 heterocycles. The molecule has 0 spiro atoms. The van der Waals surface area contributed by atoms with E-state index in [1.807, 2.05) is 4.68 Å². The van der Waals surface area contributed by atoms with Crippen LogP contribution in [0.1, 0.15) is 38.4 Å². The molecule has 0 amide bonds. The summed E-state index contributed by atoms with van der Waals surface area (Å²) in [5.41, 5.74) is 2.70. The highest BCUT2D eigenvalue weighted by molar-refractivity contribution is 5.18. The van der Waals surface area contributed by atoms with Gasteiger partial charge in [-0.1, -0.05) is 11.1 Å². The Kier molecular flexibility index (Phi) is 2.55. The van der Waals surface area contributed by atoms with Crippen molar-refractivity contribution in [1.82, 2.24) is 14.8 Å². The van der Waals surface area contributed by atoms with Crippen molar-refractivity contribution in [2.75, 3.05) is 0 Å². The Balaban J connectivity index is 2.40. The van der Waals surface area contributed by atoms with Crippen LogP contribution in [0, 0.1) is 11.3 Å². The molecule has 0 bridgehead atoms. The van der Waals surface area contributed by atoms with Gasteiger partial charge in [0.1, 0.15) is 12.2 Å². The van der Waals surface area contributed by atoms with Crippen LogP contribution in [0.4, 0.5) is 0 Å². The van der Waals surface area contributed by atoms with Gasteiger partial charge in [-0.15, -0.1) is 0 Å². The Labute approximate surface area is 89.2 Å². The molecule has 0 radical (unpaired) electrons. The summed E-state index contributed by atoms with van der Waals surface area (Å²) < 4.78 is 1.91. The highest BCUT2D eigenvalue weighted by Gasteiger charge is 2.22. The quantitative estimate of drug-likeness (QED) is 0.654. The van der Waals surface area contributed by atoms with Gasteiger partial charge >= 0.3 is 0 Å². The molecule has 0 saturated carbocycles. The fourth-order valence-corrected chi connectivity index (χ4v) is 1.98. The lowest BCUT2D eigenvalue weighted by molar-refractivity contribution is 0.583. The van der Waals surface area contributed by atoms with E-state index in [0.29, 0.717) is 6.42 Å². The normalized spacial score (nSPS) is 20.7. The van der Waals surface area contributed by atoms with Gasteiger partial charge in [0.05, 0.1) is 12.6 Å². The molecule has 1 aromatic heterocycles. The summed E-state index contributed by atoms with van der Waals surface area (Å²) in [6.45, 7) is 5.06. The maximum atomic E-state index is 8.80. The van der Waals surface area contributed by atoms with Crippen LogP contribution in [0.3, 0.4) is 0 Å². The number of allylic oxidation sites excluding steroid dienone is 2. The lowest BCUT2D eigenvalue weighted by atomic mass is 9.96. The van der Waals surface area contributed by atoms with E-state index < -0.39 is 0 Å². The van der Waals surface area contributed by atoms with Gasteiger partial charge in [-0.25, -0.2) is 9.67 Å². The number of rotatable bonds is 1. The Bertz CT molecular complexity index is 436. The predicted octanol–water partition coefficient (Wildman–Crippen LogP) is 2.02. The minimum Gasteiger partial charge on any atom is -0.246 e. The fourth-order valence-electron chi connectivity index (χ4n) is 1.98. The first-order valence-electron chi connectivity index (χ1n) is 5.12. The monoisotopic (exact) mass is 202 g/mol. The van der Waals surface area contributed by atoms with Crippen LogP contribution in [0.2, 0.25) is 0 Å². The van der Waals surface area contributed by atoms with Gasteiger partial charge in [0.15, 0.2) is 0 Å². The van der Waals surface area contributed by atoms with Crippen molar-refractivity contribution in [3.05, 3.63) is 23.3 Å². The van der Waals surface area contributed by atoms with E-state index in [2.05, 4.69) is 30.0 Å². The minimum atomic E-state index is 0.204. The van der Waals surface area contributed by atoms with Crippen LogP contribution in [0.5, 0.6) is 0 Å². The predicted molar refractivity (Wildman–Crippen MR) is 56.0 cm³/mol. The van der Waals surface area contributed by atoms with Gasteiger partial charge in [0.2, 0.25) is 0 Å². The molecule has 2 rings (SSSR count). The van der Waals surface area contributed by atoms with Crippen molar-refractivity contribution in [1.29, 1.82) is 5.26 Å². The molecule has 0 aromatic carbocycles. The van der Waals surface area contributed by atoms with Crippen molar-refractivity contribution < 1.29 is 0 Å². The molecular weight excluding hydrogens is 188 g/mol. The number of nitriles is 1. The first-order chi connectivity index (χ1) is 7.22. The summed E-state index contributed by atoms with van der Waals surface area (Å²) in [5, 5.41) is 13.0. The second-order valence-corrected chi connectivity index (χ2v) is 4.10. The standard InChI is InChI=1S/C11H14N4/c1-8-5-10(3-4-12)11-13-7-14-15(11)6-9(8)2/h7,10H,3,5-6H2,1-2H3. The molecule has 1 aliphatic rings. The highest BCUT2D eigenvalue weighted by atomic mass is 15.3. The van der Waals surface area contributed by atoms with Gasteiger partial charge in [0, 0.05) is 12.3 Å². The Morgan fingerprint density at radius 2 is 2.33 bits per heavy atom. The molecule has 0 N–H and O–H groups in total. The molecule has 4 heteroatoms. The molecule has 78 valence electrons. The molecule has 1 aliphatic heterocycles. The van der Waals surface area contributed by atoms with Crippen molar-refractivity contribution in [2.24, 2.45) is 0 Å². The van der Waals surface area contributed by atoms with Crippen molar-refractivity contribution in [3.63, 3.8) is 0 Å². The summed E-state index contributed by atoms with van der Waals surface area (Å²) >= 11 is 0. The second-order valence-electron chi connectivity index (χ2n) is 4.10. The molecule has 4 nitrogen and oxygen atoms in total. The average molecular weight is 202 g/mol. The first-order valence-corrected chi connectivity index (χ1v) is 5.12. The van der Waals surface area contributed by atoms with Crippen LogP contribution < -0.4 is 0 Å². The van der Waals surface area contributed by atoms with Crippen LogP contribution in [-0.2, 0) is 6.54 Å². The molecule has 0 fully saturated rings. The SMILES string of the molecule is CC1=C(C)Cn2ncnc2C(CC#N)C1. The number of hydrogen-bond donors (Lipinski definition) is 0. The number of nitrogens with zero attached hydrogens (tertiary/aromatic N) is 4. The van der Waals surface area contributed by atoms with E-state index in [-0.39, 0.29) is 5.92 Å². The maximum absolute atomic E-state index is 8.80. The van der Waals surface area contributed by atoms with Crippen molar-refractivity contribution >= 4 is 0 Å². The molecular formula is C11H14N4. The molecule has 1 unspecified atom stereocenters. The molecule has 15 heavy (non-hydrogen) atoms. The van der Waals surface area contributed by atoms with Gasteiger partial charge in [-0.3, -0.25) is 0 Å². The molecule has 1 atom stereocenters. The summed E-state index contributed by atoms with van der Waals surface area (Å²) in [6, 6.07) is 2.23. The lowest BCUT2D eigenvalue weighted by Gasteiger charge is -2.09. The van der Waals surface area contributed by atoms with Crippen molar-refractivity contribution in [2.45, 2.75) is 39.2 Å². The van der Waals surface area contributed by atoms with Gasteiger partial charge in [-0.2, -0.15) is 10.4 Å². The minimum absolute atomic E-state index is 0.204. The number of aromatic nitrogens is 3. The molecule has 0 saturated heterocycles. The third-order valence-corrected chi connectivity index (χ3v) is 3.02. The molecule has 1 aromatic rings. The fraction of sp³-hybridized carbons (Fsp3) is 0.545.